The molecule has 0 aromatic carbocycles. The predicted octanol–water partition coefficient (Wildman–Crippen LogP) is 2.98. The van der Waals surface area contributed by atoms with Crippen LogP contribution in [0.5, 0.6) is 0 Å². The summed E-state index contributed by atoms with van der Waals surface area (Å²) in [5.74, 6) is 0. The highest BCUT2D eigenvalue weighted by Crippen LogP contribution is 2.16. The van der Waals surface area contributed by atoms with E-state index in [-0.39, 0.29) is 0 Å². The molecular formula is C10H17BrN2O. The number of rotatable bonds is 5. The molecule has 0 saturated carbocycles. The number of halogens is 1. The van der Waals surface area contributed by atoms with Crippen LogP contribution < -0.4 is 0 Å². The number of ether oxygens (including phenoxy) is 1. The van der Waals surface area contributed by atoms with E-state index in [4.69, 9.17) is 4.74 Å². The van der Waals surface area contributed by atoms with Gasteiger partial charge in [-0.1, -0.05) is 6.92 Å². The van der Waals surface area contributed by atoms with Gasteiger partial charge in [-0.2, -0.15) is 5.10 Å². The Bertz CT molecular complexity index is 286. The zero-order valence-corrected chi connectivity index (χ0v) is 10.5. The summed E-state index contributed by atoms with van der Waals surface area (Å²) in [5, 5.41) is 4.38. The van der Waals surface area contributed by atoms with Crippen molar-refractivity contribution in [3.8, 4) is 0 Å². The van der Waals surface area contributed by atoms with Crippen molar-refractivity contribution in [1.29, 1.82) is 0 Å². The second-order valence-corrected chi connectivity index (χ2v) is 4.16. The first-order chi connectivity index (χ1) is 6.67. The standard InChI is InChI=1S/C10H17BrN2O/c1-4-8(3)14-7-10-9(11)6-13(5-2)12-10/h6,8H,4-5,7H2,1-3H3. The molecule has 1 heterocycles. The molecular weight excluding hydrogens is 244 g/mol. The number of nitrogens with zero attached hydrogens (tertiary/aromatic N) is 2. The van der Waals surface area contributed by atoms with E-state index < -0.39 is 0 Å². The summed E-state index contributed by atoms with van der Waals surface area (Å²) in [7, 11) is 0. The lowest BCUT2D eigenvalue weighted by molar-refractivity contribution is 0.0483. The van der Waals surface area contributed by atoms with Gasteiger partial charge in [-0.25, -0.2) is 0 Å². The lowest BCUT2D eigenvalue weighted by Gasteiger charge is -2.08. The molecule has 0 saturated heterocycles. The van der Waals surface area contributed by atoms with Gasteiger partial charge in [-0.3, -0.25) is 4.68 Å². The van der Waals surface area contributed by atoms with Gasteiger partial charge in [0.15, 0.2) is 0 Å². The van der Waals surface area contributed by atoms with Gasteiger partial charge in [0.2, 0.25) is 0 Å². The average Bonchev–Trinajstić information content (AvgIpc) is 2.55. The minimum atomic E-state index is 0.300. The van der Waals surface area contributed by atoms with Crippen molar-refractivity contribution in [2.45, 2.75) is 46.4 Å². The van der Waals surface area contributed by atoms with Gasteiger partial charge < -0.3 is 4.74 Å². The van der Waals surface area contributed by atoms with Crippen LogP contribution >= 0.6 is 15.9 Å². The van der Waals surface area contributed by atoms with Gasteiger partial charge in [0.25, 0.3) is 0 Å². The van der Waals surface area contributed by atoms with E-state index in [1.54, 1.807) is 0 Å². The number of hydrogen-bond acceptors (Lipinski definition) is 2. The van der Waals surface area contributed by atoms with Crippen molar-refractivity contribution < 1.29 is 4.74 Å². The molecule has 1 unspecified atom stereocenters. The lowest BCUT2D eigenvalue weighted by Crippen LogP contribution is -2.07. The van der Waals surface area contributed by atoms with Gasteiger partial charge in [0.05, 0.1) is 17.2 Å². The van der Waals surface area contributed by atoms with Crippen LogP contribution in [-0.4, -0.2) is 15.9 Å². The molecule has 0 fully saturated rings. The van der Waals surface area contributed by atoms with Crippen molar-refractivity contribution >= 4 is 15.9 Å². The van der Waals surface area contributed by atoms with Crippen LogP contribution in [0.4, 0.5) is 0 Å². The van der Waals surface area contributed by atoms with Crippen LogP contribution in [0.2, 0.25) is 0 Å². The minimum Gasteiger partial charge on any atom is -0.372 e. The summed E-state index contributed by atoms with van der Waals surface area (Å²) in [6, 6.07) is 0. The van der Waals surface area contributed by atoms with Crippen LogP contribution in [0.25, 0.3) is 0 Å². The maximum Gasteiger partial charge on any atom is 0.102 e. The SMILES string of the molecule is CCC(C)OCc1nn(CC)cc1Br. The molecule has 1 rings (SSSR count). The predicted molar refractivity (Wildman–Crippen MR) is 60.1 cm³/mol. The Morgan fingerprint density at radius 1 is 1.57 bits per heavy atom. The Kier molecular flexibility index (Phi) is 4.62. The molecule has 14 heavy (non-hydrogen) atoms. The summed E-state index contributed by atoms with van der Waals surface area (Å²) in [6.07, 6.45) is 3.31. The van der Waals surface area contributed by atoms with E-state index in [1.807, 2.05) is 10.9 Å². The Labute approximate surface area is 93.6 Å². The third-order valence-corrected chi connectivity index (χ3v) is 2.85. The smallest absolute Gasteiger partial charge is 0.102 e. The monoisotopic (exact) mass is 260 g/mol. The molecule has 1 aromatic heterocycles. The second-order valence-electron chi connectivity index (χ2n) is 3.31. The fraction of sp³-hybridized carbons (Fsp3) is 0.700. The van der Waals surface area contributed by atoms with Gasteiger partial charge in [0, 0.05) is 12.7 Å². The largest absolute Gasteiger partial charge is 0.372 e. The Hall–Kier alpha value is -0.350. The average molecular weight is 261 g/mol. The van der Waals surface area contributed by atoms with E-state index in [1.165, 1.54) is 0 Å². The first-order valence-corrected chi connectivity index (χ1v) is 5.80. The Balaban J connectivity index is 2.53. The first kappa shape index (κ1) is 11.7. The van der Waals surface area contributed by atoms with Crippen LogP contribution in [0.1, 0.15) is 32.9 Å². The fourth-order valence-electron chi connectivity index (χ4n) is 1.04. The molecule has 0 aliphatic carbocycles. The molecule has 0 aliphatic heterocycles. The summed E-state index contributed by atoms with van der Waals surface area (Å²) in [6.45, 7) is 7.73. The van der Waals surface area contributed by atoms with Crippen LogP contribution in [0.3, 0.4) is 0 Å². The molecule has 3 nitrogen and oxygen atoms in total. The van der Waals surface area contributed by atoms with Crippen molar-refractivity contribution in [3.05, 3.63) is 16.4 Å². The Morgan fingerprint density at radius 3 is 2.79 bits per heavy atom. The maximum atomic E-state index is 5.61. The zero-order chi connectivity index (χ0) is 10.6. The highest BCUT2D eigenvalue weighted by atomic mass is 79.9. The fourth-order valence-corrected chi connectivity index (χ4v) is 1.47. The van der Waals surface area contributed by atoms with Gasteiger partial charge in [-0.15, -0.1) is 0 Å². The molecule has 0 N–H and O–H groups in total. The van der Waals surface area contributed by atoms with Crippen LogP contribution in [0.15, 0.2) is 10.7 Å². The quantitative estimate of drug-likeness (QED) is 0.814. The van der Waals surface area contributed by atoms with E-state index >= 15 is 0 Å². The molecule has 0 aliphatic rings. The molecule has 1 aromatic rings. The van der Waals surface area contributed by atoms with E-state index in [9.17, 15) is 0 Å². The molecule has 0 radical (unpaired) electrons. The van der Waals surface area contributed by atoms with Gasteiger partial charge in [-0.05, 0) is 36.2 Å². The number of hydrogen-bond donors (Lipinski definition) is 0. The minimum absolute atomic E-state index is 0.300. The maximum absolute atomic E-state index is 5.61. The normalized spacial score (nSPS) is 13.1. The van der Waals surface area contributed by atoms with Gasteiger partial charge >= 0.3 is 0 Å². The van der Waals surface area contributed by atoms with Crippen LogP contribution in [0, 0.1) is 0 Å². The van der Waals surface area contributed by atoms with Crippen molar-refractivity contribution in [2.24, 2.45) is 0 Å². The number of aromatic nitrogens is 2. The summed E-state index contributed by atoms with van der Waals surface area (Å²) < 4.78 is 8.54. The topological polar surface area (TPSA) is 27.1 Å². The van der Waals surface area contributed by atoms with Gasteiger partial charge in [0.1, 0.15) is 5.69 Å². The molecule has 4 heteroatoms. The van der Waals surface area contributed by atoms with Crippen LogP contribution in [-0.2, 0) is 17.9 Å². The summed E-state index contributed by atoms with van der Waals surface area (Å²) in [5.41, 5.74) is 0.979. The van der Waals surface area contributed by atoms with Crippen molar-refractivity contribution in [2.75, 3.05) is 0 Å². The van der Waals surface area contributed by atoms with E-state index in [0.717, 1.165) is 23.1 Å². The molecule has 0 spiro atoms. The van der Waals surface area contributed by atoms with Crippen molar-refractivity contribution in [3.63, 3.8) is 0 Å². The highest BCUT2D eigenvalue weighted by Gasteiger charge is 2.07. The van der Waals surface area contributed by atoms with E-state index in [2.05, 4.69) is 41.8 Å². The third-order valence-electron chi connectivity index (χ3n) is 2.19. The molecule has 1 atom stereocenters. The lowest BCUT2D eigenvalue weighted by atomic mass is 10.3. The number of aryl methyl sites for hydroxylation is 1. The molecule has 80 valence electrons. The Morgan fingerprint density at radius 2 is 2.29 bits per heavy atom. The highest BCUT2D eigenvalue weighted by molar-refractivity contribution is 9.10. The van der Waals surface area contributed by atoms with E-state index in [0.29, 0.717) is 12.7 Å². The zero-order valence-electron chi connectivity index (χ0n) is 8.96. The summed E-state index contributed by atoms with van der Waals surface area (Å²) >= 11 is 3.47. The third kappa shape index (κ3) is 3.10. The molecule has 0 bridgehead atoms. The summed E-state index contributed by atoms with van der Waals surface area (Å²) in [4.78, 5) is 0. The van der Waals surface area contributed by atoms with Crippen molar-refractivity contribution in [1.82, 2.24) is 9.78 Å². The second kappa shape index (κ2) is 5.51. The molecule has 0 amide bonds. The first-order valence-electron chi connectivity index (χ1n) is 5.00.